The molecular weight excluding hydrogens is 212 g/mol. The van der Waals surface area contributed by atoms with Crippen LogP contribution in [0.4, 0.5) is 0 Å². The Hall–Kier alpha value is -1.45. The fourth-order valence-electron chi connectivity index (χ4n) is 1.65. The molecule has 0 radical (unpaired) electrons. The van der Waals surface area contributed by atoms with Gasteiger partial charge < -0.3 is 0 Å². The van der Waals surface area contributed by atoms with E-state index in [1.807, 2.05) is 10.6 Å². The standard InChI is InChI=1S/C13H20N4/c1-12(2,3)10-15-9-7-8-14-17(9)11(16-10)13(4,5)6/h7-8H,1-6H3. The van der Waals surface area contributed by atoms with Crippen LogP contribution in [-0.4, -0.2) is 19.6 Å². The molecule has 0 amide bonds. The third-order valence-corrected chi connectivity index (χ3v) is 2.60. The molecule has 17 heavy (non-hydrogen) atoms. The van der Waals surface area contributed by atoms with Crippen LogP contribution in [-0.2, 0) is 10.8 Å². The van der Waals surface area contributed by atoms with E-state index in [4.69, 9.17) is 4.98 Å². The van der Waals surface area contributed by atoms with Crippen molar-refractivity contribution in [3.63, 3.8) is 0 Å². The molecule has 0 N–H and O–H groups in total. The monoisotopic (exact) mass is 232 g/mol. The molecule has 4 heteroatoms. The quantitative estimate of drug-likeness (QED) is 0.701. The highest BCUT2D eigenvalue weighted by Crippen LogP contribution is 2.24. The highest BCUT2D eigenvalue weighted by molar-refractivity contribution is 5.38. The van der Waals surface area contributed by atoms with E-state index in [9.17, 15) is 0 Å². The zero-order chi connectivity index (χ0) is 12.8. The minimum Gasteiger partial charge on any atom is -0.217 e. The van der Waals surface area contributed by atoms with E-state index in [2.05, 4.69) is 51.6 Å². The number of hydrogen-bond donors (Lipinski definition) is 0. The fourth-order valence-corrected chi connectivity index (χ4v) is 1.65. The Morgan fingerprint density at radius 3 is 2.12 bits per heavy atom. The fraction of sp³-hybridized carbons (Fsp3) is 0.615. The van der Waals surface area contributed by atoms with Crippen molar-refractivity contribution in [1.82, 2.24) is 19.6 Å². The molecule has 2 aromatic heterocycles. The van der Waals surface area contributed by atoms with Gasteiger partial charge in [-0.3, -0.25) is 0 Å². The van der Waals surface area contributed by atoms with Gasteiger partial charge >= 0.3 is 0 Å². The molecule has 92 valence electrons. The predicted octanol–water partition coefficient (Wildman–Crippen LogP) is 2.72. The summed E-state index contributed by atoms with van der Waals surface area (Å²) in [7, 11) is 0. The maximum absolute atomic E-state index is 4.70. The van der Waals surface area contributed by atoms with Crippen molar-refractivity contribution in [2.75, 3.05) is 0 Å². The van der Waals surface area contributed by atoms with E-state index in [1.54, 1.807) is 6.20 Å². The highest BCUT2D eigenvalue weighted by atomic mass is 15.3. The van der Waals surface area contributed by atoms with Crippen molar-refractivity contribution in [3.8, 4) is 0 Å². The van der Waals surface area contributed by atoms with E-state index in [0.29, 0.717) is 0 Å². The third-order valence-electron chi connectivity index (χ3n) is 2.60. The van der Waals surface area contributed by atoms with Crippen LogP contribution in [0.2, 0.25) is 0 Å². The van der Waals surface area contributed by atoms with Crippen LogP contribution in [0.3, 0.4) is 0 Å². The Labute approximate surface area is 102 Å². The molecule has 0 bridgehead atoms. The summed E-state index contributed by atoms with van der Waals surface area (Å²) >= 11 is 0. The van der Waals surface area contributed by atoms with Crippen molar-refractivity contribution >= 4 is 5.65 Å². The van der Waals surface area contributed by atoms with Gasteiger partial charge in [-0.1, -0.05) is 41.5 Å². The van der Waals surface area contributed by atoms with Gasteiger partial charge in [-0.25, -0.2) is 14.5 Å². The summed E-state index contributed by atoms with van der Waals surface area (Å²) in [6, 6.07) is 1.92. The summed E-state index contributed by atoms with van der Waals surface area (Å²) < 4.78 is 1.83. The first-order valence-electron chi connectivity index (χ1n) is 5.92. The zero-order valence-corrected chi connectivity index (χ0v) is 11.4. The first-order chi connectivity index (χ1) is 7.69. The molecule has 2 aromatic rings. The summed E-state index contributed by atoms with van der Waals surface area (Å²) in [6.07, 6.45) is 1.77. The first-order valence-corrected chi connectivity index (χ1v) is 5.92. The van der Waals surface area contributed by atoms with Crippen LogP contribution in [0, 0.1) is 0 Å². The molecule has 0 aliphatic carbocycles. The average molecular weight is 232 g/mol. The number of fused-ring (bicyclic) bond motifs is 1. The molecule has 0 aromatic carbocycles. The van der Waals surface area contributed by atoms with Crippen LogP contribution in [0.5, 0.6) is 0 Å². The van der Waals surface area contributed by atoms with Gasteiger partial charge in [-0.2, -0.15) is 5.10 Å². The van der Waals surface area contributed by atoms with Gasteiger partial charge in [0.25, 0.3) is 0 Å². The Morgan fingerprint density at radius 2 is 1.59 bits per heavy atom. The lowest BCUT2D eigenvalue weighted by atomic mass is 9.93. The lowest BCUT2D eigenvalue weighted by Crippen LogP contribution is -2.25. The third kappa shape index (κ3) is 2.16. The molecule has 0 saturated carbocycles. The molecule has 2 heterocycles. The summed E-state index contributed by atoms with van der Waals surface area (Å²) in [5.41, 5.74) is 0.772. The second-order valence-electron chi connectivity index (χ2n) is 6.47. The van der Waals surface area contributed by atoms with Gasteiger partial charge in [0.2, 0.25) is 0 Å². The van der Waals surface area contributed by atoms with E-state index in [1.165, 1.54) is 0 Å². The SMILES string of the molecule is CC(C)(C)c1nc(C(C)(C)C)n2nccc2n1. The first kappa shape index (κ1) is 12.0. The minimum atomic E-state index is -0.0496. The van der Waals surface area contributed by atoms with Gasteiger partial charge in [-0.05, 0) is 0 Å². The number of nitrogens with zero attached hydrogens (tertiary/aromatic N) is 4. The maximum Gasteiger partial charge on any atom is 0.159 e. The van der Waals surface area contributed by atoms with Crippen molar-refractivity contribution in [2.24, 2.45) is 0 Å². The van der Waals surface area contributed by atoms with Crippen LogP contribution < -0.4 is 0 Å². The van der Waals surface area contributed by atoms with Gasteiger partial charge in [0, 0.05) is 16.9 Å². The molecule has 0 atom stereocenters. The topological polar surface area (TPSA) is 43.1 Å². The van der Waals surface area contributed by atoms with Gasteiger partial charge in [-0.15, -0.1) is 0 Å². The van der Waals surface area contributed by atoms with E-state index in [0.717, 1.165) is 17.3 Å². The summed E-state index contributed by atoms with van der Waals surface area (Å²) in [5.74, 6) is 1.83. The Bertz CT molecular complexity index is 541. The second-order valence-corrected chi connectivity index (χ2v) is 6.47. The molecular formula is C13H20N4. The Kier molecular flexibility index (Phi) is 2.49. The normalized spacial score (nSPS) is 13.3. The molecule has 0 aliphatic heterocycles. The summed E-state index contributed by atoms with van der Waals surface area (Å²) in [4.78, 5) is 9.28. The number of rotatable bonds is 0. The van der Waals surface area contributed by atoms with Crippen LogP contribution in [0.1, 0.15) is 53.2 Å². The van der Waals surface area contributed by atoms with Gasteiger partial charge in [0.15, 0.2) is 5.65 Å². The molecule has 0 unspecified atom stereocenters. The second kappa shape index (κ2) is 3.52. The van der Waals surface area contributed by atoms with Crippen molar-refractivity contribution in [3.05, 3.63) is 23.9 Å². The smallest absolute Gasteiger partial charge is 0.159 e. The largest absolute Gasteiger partial charge is 0.217 e. The van der Waals surface area contributed by atoms with Crippen molar-refractivity contribution < 1.29 is 0 Å². The van der Waals surface area contributed by atoms with Crippen molar-refractivity contribution in [1.29, 1.82) is 0 Å². The Balaban J connectivity index is 2.76. The molecule has 0 fully saturated rings. The Morgan fingerprint density at radius 1 is 0.941 bits per heavy atom. The lowest BCUT2D eigenvalue weighted by molar-refractivity contribution is 0.484. The highest BCUT2D eigenvalue weighted by Gasteiger charge is 2.25. The lowest BCUT2D eigenvalue weighted by Gasteiger charge is -2.23. The van der Waals surface area contributed by atoms with Crippen LogP contribution in [0.25, 0.3) is 5.65 Å². The number of aromatic nitrogens is 4. The van der Waals surface area contributed by atoms with Crippen LogP contribution in [0.15, 0.2) is 12.3 Å². The van der Waals surface area contributed by atoms with E-state index in [-0.39, 0.29) is 10.8 Å². The molecule has 2 rings (SSSR count). The zero-order valence-electron chi connectivity index (χ0n) is 11.4. The predicted molar refractivity (Wildman–Crippen MR) is 68.2 cm³/mol. The van der Waals surface area contributed by atoms with E-state index >= 15 is 0 Å². The minimum absolute atomic E-state index is 0.0484. The average Bonchev–Trinajstić information content (AvgIpc) is 2.59. The van der Waals surface area contributed by atoms with E-state index < -0.39 is 0 Å². The van der Waals surface area contributed by atoms with Gasteiger partial charge in [0.05, 0.1) is 6.20 Å². The van der Waals surface area contributed by atoms with Gasteiger partial charge in [0.1, 0.15) is 11.6 Å². The summed E-state index contributed by atoms with van der Waals surface area (Å²) in [5, 5.41) is 4.30. The summed E-state index contributed by atoms with van der Waals surface area (Å²) in [6.45, 7) is 12.8. The molecule has 0 saturated heterocycles. The molecule has 4 nitrogen and oxygen atoms in total. The van der Waals surface area contributed by atoms with Crippen LogP contribution >= 0.6 is 0 Å². The molecule has 0 aliphatic rings. The maximum atomic E-state index is 4.70. The van der Waals surface area contributed by atoms with Crippen molar-refractivity contribution in [2.45, 2.75) is 52.4 Å². The molecule has 0 spiro atoms. The number of hydrogen-bond acceptors (Lipinski definition) is 3.